The van der Waals surface area contributed by atoms with E-state index in [1.165, 1.54) is 16.4 Å². The molecule has 5 nitrogen and oxygen atoms in total. The number of carbonyl (C=O) groups excluding carboxylic acids is 1. The van der Waals surface area contributed by atoms with Gasteiger partial charge in [-0.1, -0.05) is 33.1 Å². The zero-order valence-electron chi connectivity index (χ0n) is 16.3. The molecule has 2 rings (SSSR count). The van der Waals surface area contributed by atoms with Crippen molar-refractivity contribution < 1.29 is 17.6 Å². The van der Waals surface area contributed by atoms with Crippen molar-refractivity contribution in [2.75, 3.05) is 19.6 Å². The highest BCUT2D eigenvalue weighted by Gasteiger charge is 2.33. The monoisotopic (exact) mass is 398 g/mol. The Bertz CT molecular complexity index is 706. The Balaban J connectivity index is 1.96. The van der Waals surface area contributed by atoms with Gasteiger partial charge in [0.25, 0.3) is 0 Å². The summed E-state index contributed by atoms with van der Waals surface area (Å²) in [6, 6.07) is 4.83. The molecule has 1 saturated heterocycles. The van der Waals surface area contributed by atoms with E-state index >= 15 is 0 Å². The van der Waals surface area contributed by atoms with E-state index in [0.29, 0.717) is 31.8 Å². The van der Waals surface area contributed by atoms with Crippen LogP contribution in [0.2, 0.25) is 0 Å². The van der Waals surface area contributed by atoms with Crippen LogP contribution in [0.4, 0.5) is 4.39 Å². The van der Waals surface area contributed by atoms with E-state index in [1.807, 2.05) is 0 Å². The van der Waals surface area contributed by atoms with Crippen LogP contribution in [0.15, 0.2) is 29.2 Å². The van der Waals surface area contributed by atoms with E-state index < -0.39 is 15.8 Å². The van der Waals surface area contributed by atoms with Crippen LogP contribution in [0.25, 0.3) is 0 Å². The number of sulfonamides is 1. The molecular formula is C20H31FN2O3S. The number of nitrogens with zero attached hydrogens (tertiary/aromatic N) is 1. The summed E-state index contributed by atoms with van der Waals surface area (Å²) in [6.45, 7) is 5.50. The molecule has 1 aliphatic rings. The van der Waals surface area contributed by atoms with Crippen molar-refractivity contribution in [3.63, 3.8) is 0 Å². The second-order valence-corrected chi connectivity index (χ2v) is 9.26. The van der Waals surface area contributed by atoms with E-state index in [4.69, 9.17) is 0 Å². The third-order valence-corrected chi connectivity index (χ3v) is 7.19. The average molecular weight is 399 g/mol. The lowest BCUT2D eigenvalue weighted by atomic mass is 9.96. The third kappa shape index (κ3) is 6.01. The maximum absolute atomic E-state index is 13.1. The van der Waals surface area contributed by atoms with Crippen LogP contribution in [0.3, 0.4) is 0 Å². The molecule has 1 aliphatic heterocycles. The van der Waals surface area contributed by atoms with Gasteiger partial charge < -0.3 is 5.32 Å². The molecular weight excluding hydrogens is 367 g/mol. The fourth-order valence-electron chi connectivity index (χ4n) is 3.46. The lowest BCUT2D eigenvalue weighted by Gasteiger charge is -2.31. The average Bonchev–Trinajstić information content (AvgIpc) is 2.68. The number of hydrogen-bond acceptors (Lipinski definition) is 3. The third-order valence-electron chi connectivity index (χ3n) is 5.31. The lowest BCUT2D eigenvalue weighted by molar-refractivity contribution is -0.126. The van der Waals surface area contributed by atoms with Gasteiger partial charge in [-0.15, -0.1) is 0 Å². The van der Waals surface area contributed by atoms with Crippen LogP contribution in [-0.4, -0.2) is 38.3 Å². The minimum atomic E-state index is -3.71. The van der Waals surface area contributed by atoms with Gasteiger partial charge in [0.05, 0.1) is 10.8 Å². The van der Waals surface area contributed by atoms with Gasteiger partial charge in [0.2, 0.25) is 15.9 Å². The second-order valence-electron chi connectivity index (χ2n) is 7.32. The maximum atomic E-state index is 13.1. The first-order valence-corrected chi connectivity index (χ1v) is 11.4. The highest BCUT2D eigenvalue weighted by molar-refractivity contribution is 7.89. The summed E-state index contributed by atoms with van der Waals surface area (Å²) in [5, 5.41) is 3.02. The number of nitrogens with one attached hydrogen (secondary N) is 1. The molecule has 1 fully saturated rings. The summed E-state index contributed by atoms with van der Waals surface area (Å²) in [5.41, 5.74) is 0. The van der Waals surface area contributed by atoms with Crippen molar-refractivity contribution in [2.24, 2.45) is 11.8 Å². The molecule has 1 heterocycles. The van der Waals surface area contributed by atoms with E-state index in [2.05, 4.69) is 19.2 Å². The molecule has 2 atom stereocenters. The Labute approximate surface area is 162 Å². The van der Waals surface area contributed by atoms with Gasteiger partial charge in [0, 0.05) is 19.6 Å². The first-order valence-electron chi connectivity index (χ1n) is 9.91. The fraction of sp³-hybridized carbons (Fsp3) is 0.650. The van der Waals surface area contributed by atoms with Gasteiger partial charge >= 0.3 is 0 Å². The summed E-state index contributed by atoms with van der Waals surface area (Å²) in [7, 11) is -3.71. The minimum absolute atomic E-state index is 0.0653. The topological polar surface area (TPSA) is 66.5 Å². The van der Waals surface area contributed by atoms with Crippen LogP contribution in [0, 0.1) is 17.7 Å². The van der Waals surface area contributed by atoms with Crippen LogP contribution < -0.4 is 5.32 Å². The summed E-state index contributed by atoms with van der Waals surface area (Å²) in [5.74, 6) is -0.406. The van der Waals surface area contributed by atoms with Crippen molar-refractivity contribution >= 4 is 15.9 Å². The number of halogens is 1. The molecule has 1 aromatic carbocycles. The maximum Gasteiger partial charge on any atom is 0.243 e. The van der Waals surface area contributed by atoms with Crippen LogP contribution >= 0.6 is 0 Å². The lowest BCUT2D eigenvalue weighted by Crippen LogP contribution is -2.46. The zero-order chi connectivity index (χ0) is 19.9. The van der Waals surface area contributed by atoms with Gasteiger partial charge in [-0.25, -0.2) is 12.8 Å². The predicted octanol–water partition coefficient (Wildman–Crippen LogP) is 3.56. The van der Waals surface area contributed by atoms with Gasteiger partial charge in [0.15, 0.2) is 0 Å². The number of carbonyl (C=O) groups is 1. The second kappa shape index (κ2) is 10.2. The molecule has 1 N–H and O–H groups in total. The number of rotatable bonds is 9. The standard InChI is InChI=1S/C20H31FN2O3S/c1-3-5-7-16(4-2)14-22-20(24)17-8-6-13-23(15-17)27(25,26)19-11-9-18(21)10-12-19/h9-12,16-17H,3-8,13-15H2,1-2H3,(H,22,24). The highest BCUT2D eigenvalue weighted by atomic mass is 32.2. The van der Waals surface area contributed by atoms with Gasteiger partial charge in [-0.05, 0) is 49.4 Å². The Morgan fingerprint density at radius 2 is 2.00 bits per heavy atom. The summed E-state index contributed by atoms with van der Waals surface area (Å²) >= 11 is 0. The molecule has 1 amide bonds. The number of hydrogen-bond donors (Lipinski definition) is 1. The van der Waals surface area contributed by atoms with Crippen molar-refractivity contribution in [3.05, 3.63) is 30.1 Å². The molecule has 0 aromatic heterocycles. The largest absolute Gasteiger partial charge is 0.356 e. The van der Waals surface area contributed by atoms with E-state index in [9.17, 15) is 17.6 Å². The SMILES string of the molecule is CCCCC(CC)CNC(=O)C1CCCN(S(=O)(=O)c2ccc(F)cc2)C1. The first kappa shape index (κ1) is 21.8. The van der Waals surface area contributed by atoms with Gasteiger partial charge in [0.1, 0.15) is 5.82 Å². The van der Waals surface area contributed by atoms with Gasteiger partial charge in [-0.2, -0.15) is 4.31 Å². The molecule has 1 aromatic rings. The zero-order valence-corrected chi connectivity index (χ0v) is 17.1. The molecule has 0 spiro atoms. The normalized spacial score (nSPS) is 19.6. The molecule has 0 saturated carbocycles. The van der Waals surface area contributed by atoms with Crippen molar-refractivity contribution in [2.45, 2.75) is 57.3 Å². The van der Waals surface area contributed by atoms with Gasteiger partial charge in [-0.3, -0.25) is 4.79 Å². The molecule has 2 unspecified atom stereocenters. The Hall–Kier alpha value is -1.47. The van der Waals surface area contributed by atoms with Crippen molar-refractivity contribution in [1.82, 2.24) is 9.62 Å². The Morgan fingerprint density at radius 3 is 2.63 bits per heavy atom. The molecule has 7 heteroatoms. The molecule has 0 aliphatic carbocycles. The van der Waals surface area contributed by atoms with Crippen LogP contribution in [-0.2, 0) is 14.8 Å². The number of unbranched alkanes of at least 4 members (excludes halogenated alkanes) is 1. The van der Waals surface area contributed by atoms with Crippen LogP contribution in [0.1, 0.15) is 52.4 Å². The molecule has 152 valence electrons. The highest BCUT2D eigenvalue weighted by Crippen LogP contribution is 2.24. The Kier molecular flexibility index (Phi) is 8.23. The molecule has 0 bridgehead atoms. The molecule has 0 radical (unpaired) electrons. The van der Waals surface area contributed by atoms with E-state index in [0.717, 1.165) is 37.8 Å². The summed E-state index contributed by atoms with van der Waals surface area (Å²) in [6.07, 6.45) is 5.75. The van der Waals surface area contributed by atoms with Crippen molar-refractivity contribution in [1.29, 1.82) is 0 Å². The van der Waals surface area contributed by atoms with E-state index in [1.54, 1.807) is 0 Å². The van der Waals surface area contributed by atoms with Crippen molar-refractivity contribution in [3.8, 4) is 0 Å². The Morgan fingerprint density at radius 1 is 1.30 bits per heavy atom. The summed E-state index contributed by atoms with van der Waals surface area (Å²) in [4.78, 5) is 12.6. The predicted molar refractivity (Wildman–Crippen MR) is 104 cm³/mol. The fourth-order valence-corrected chi connectivity index (χ4v) is 4.99. The van der Waals surface area contributed by atoms with E-state index in [-0.39, 0.29) is 23.3 Å². The quantitative estimate of drug-likeness (QED) is 0.692. The number of amides is 1. The first-order chi connectivity index (χ1) is 12.9. The minimum Gasteiger partial charge on any atom is -0.356 e. The summed E-state index contributed by atoms with van der Waals surface area (Å²) < 4.78 is 40.0. The van der Waals surface area contributed by atoms with Crippen LogP contribution in [0.5, 0.6) is 0 Å². The molecule has 27 heavy (non-hydrogen) atoms. The smallest absolute Gasteiger partial charge is 0.243 e. The number of benzene rings is 1. The number of piperidine rings is 1.